The molecule has 6 nitrogen and oxygen atoms in total. The Bertz CT molecular complexity index is 1550. The van der Waals surface area contributed by atoms with Crippen molar-refractivity contribution in [2.45, 2.75) is 52.6 Å². The first-order valence-corrected chi connectivity index (χ1v) is 14.7. The number of nitrogens with zero attached hydrogens (tertiary/aromatic N) is 4. The molecule has 8 heteroatoms. The van der Waals surface area contributed by atoms with Gasteiger partial charge in [0.2, 0.25) is 0 Å². The maximum Gasteiger partial charge on any atom is 0.260 e. The van der Waals surface area contributed by atoms with E-state index in [2.05, 4.69) is 42.8 Å². The van der Waals surface area contributed by atoms with E-state index in [0.717, 1.165) is 58.4 Å². The Morgan fingerprint density at radius 2 is 1.83 bits per heavy atom. The zero-order chi connectivity index (χ0) is 29.5. The summed E-state index contributed by atoms with van der Waals surface area (Å²) in [5, 5.41) is 10.1. The first-order chi connectivity index (χ1) is 19.8. The Morgan fingerprint density at radius 3 is 2.56 bits per heavy atom. The largest absolute Gasteiger partial charge is 0.489 e. The van der Waals surface area contributed by atoms with Crippen LogP contribution in [0.15, 0.2) is 67.1 Å². The minimum Gasteiger partial charge on any atom is -0.489 e. The number of ether oxygens (including phenoxy) is 1. The van der Waals surface area contributed by atoms with E-state index in [-0.39, 0.29) is 12.5 Å². The topological polar surface area (TPSA) is 71.2 Å². The maximum absolute atomic E-state index is 13.2. The lowest BCUT2D eigenvalue weighted by Crippen LogP contribution is -2.38. The van der Waals surface area contributed by atoms with Crippen LogP contribution >= 0.6 is 23.2 Å². The van der Waals surface area contributed by atoms with Crippen LogP contribution in [0.4, 0.5) is 0 Å². The van der Waals surface area contributed by atoms with Crippen molar-refractivity contribution in [3.63, 3.8) is 0 Å². The fraction of sp³-hybridized carbons (Fsp3) is 0.364. The summed E-state index contributed by atoms with van der Waals surface area (Å²) in [6, 6.07) is 16.0. The lowest BCUT2D eigenvalue weighted by molar-refractivity contribution is -0.136. The summed E-state index contributed by atoms with van der Waals surface area (Å²) in [4.78, 5) is 20.0. The number of halogens is 2. The molecule has 0 atom stereocenters. The van der Waals surface area contributed by atoms with E-state index in [1.165, 1.54) is 12.8 Å². The van der Waals surface area contributed by atoms with E-state index in [9.17, 15) is 4.79 Å². The van der Waals surface area contributed by atoms with Gasteiger partial charge < -0.3 is 14.2 Å². The van der Waals surface area contributed by atoms with Gasteiger partial charge in [0.05, 0.1) is 29.7 Å². The Hall–Kier alpha value is -3.53. The van der Waals surface area contributed by atoms with Crippen molar-refractivity contribution in [1.82, 2.24) is 14.5 Å². The fourth-order valence-corrected chi connectivity index (χ4v) is 6.00. The molecule has 41 heavy (non-hydrogen) atoms. The van der Waals surface area contributed by atoms with Crippen LogP contribution in [-0.4, -0.2) is 33.5 Å². The van der Waals surface area contributed by atoms with E-state index in [1.807, 2.05) is 35.4 Å². The van der Waals surface area contributed by atoms with Gasteiger partial charge in [-0.1, -0.05) is 67.7 Å². The number of aromatic nitrogens is 2. The van der Waals surface area contributed by atoms with Crippen LogP contribution < -0.4 is 0 Å². The smallest absolute Gasteiger partial charge is 0.260 e. The van der Waals surface area contributed by atoms with E-state index in [0.29, 0.717) is 34.8 Å². The predicted molar refractivity (Wildman–Crippen MR) is 167 cm³/mol. The van der Waals surface area contributed by atoms with E-state index < -0.39 is 0 Å². The van der Waals surface area contributed by atoms with Gasteiger partial charge in [0, 0.05) is 46.0 Å². The lowest BCUT2D eigenvalue weighted by atomic mass is 9.83. The molecule has 2 aromatic heterocycles. The van der Waals surface area contributed by atoms with Crippen LogP contribution in [0.25, 0.3) is 21.8 Å². The van der Waals surface area contributed by atoms with Crippen LogP contribution in [0.2, 0.25) is 10.0 Å². The molecule has 2 aromatic carbocycles. The van der Waals surface area contributed by atoms with Crippen molar-refractivity contribution in [1.29, 1.82) is 5.26 Å². The molecule has 0 saturated heterocycles. The lowest BCUT2D eigenvalue weighted by Gasteiger charge is -2.31. The number of rotatable bonds is 9. The number of benzene rings is 2. The summed E-state index contributed by atoms with van der Waals surface area (Å²) in [6.07, 6.45) is 6.65. The molecule has 1 aliphatic carbocycles. The SMILES string of the molecule is C#N.C=C(C)OCC(=O)N(Cc1cc2c3ccccc3n(Cc3cc(Cl)ccc3Cl)c2cn1)CC1CCC(C)CC1. The molecule has 1 amide bonds. The molecule has 1 aliphatic rings. The number of carbonyl (C=O) groups is 1. The van der Waals surface area contributed by atoms with Crippen molar-refractivity contribution in [2.75, 3.05) is 13.2 Å². The third kappa shape index (κ3) is 7.41. The van der Waals surface area contributed by atoms with Gasteiger partial charge in [-0.15, -0.1) is 0 Å². The number of nitriles is 1. The molecule has 0 bridgehead atoms. The standard InChI is InChI=1S/C32H35Cl2N3O2.CHN/c1-21(2)39-20-32(38)36(17-23-10-8-22(3)9-11-23)19-26-15-28-27-6-4-5-7-30(27)37(31(28)16-35-26)18-24-14-25(33)12-13-29(24)34;1-2/h4-7,12-16,22-23H,1,8-11,17-20H2,2-3H3;1H. The first-order valence-electron chi connectivity index (χ1n) is 13.9. The molecule has 4 aromatic rings. The molecule has 0 spiro atoms. The highest BCUT2D eigenvalue weighted by molar-refractivity contribution is 6.33. The summed E-state index contributed by atoms with van der Waals surface area (Å²) in [5.74, 6) is 1.78. The summed E-state index contributed by atoms with van der Waals surface area (Å²) in [7, 11) is 0. The van der Waals surface area contributed by atoms with Gasteiger partial charge in [0.15, 0.2) is 6.61 Å². The predicted octanol–water partition coefficient (Wildman–Crippen LogP) is 8.39. The van der Waals surface area contributed by atoms with Crippen LogP contribution in [-0.2, 0) is 22.6 Å². The van der Waals surface area contributed by atoms with E-state index >= 15 is 0 Å². The summed E-state index contributed by atoms with van der Waals surface area (Å²) < 4.78 is 7.73. The minimum absolute atomic E-state index is 0.000399. The number of hydrogen-bond donors (Lipinski definition) is 0. The molecule has 214 valence electrons. The fourth-order valence-electron chi connectivity index (χ4n) is 5.63. The van der Waals surface area contributed by atoms with Gasteiger partial charge in [-0.25, -0.2) is 5.26 Å². The van der Waals surface area contributed by atoms with Gasteiger partial charge >= 0.3 is 0 Å². The maximum atomic E-state index is 13.2. The van der Waals surface area contributed by atoms with Gasteiger partial charge in [0.1, 0.15) is 0 Å². The zero-order valence-corrected chi connectivity index (χ0v) is 25.2. The molecular weight excluding hydrogens is 555 g/mol. The first kappa shape index (κ1) is 30.4. The highest BCUT2D eigenvalue weighted by Crippen LogP contribution is 2.33. The molecule has 2 heterocycles. The van der Waals surface area contributed by atoms with Crippen LogP contribution in [0.3, 0.4) is 0 Å². The van der Waals surface area contributed by atoms with E-state index in [4.69, 9.17) is 38.2 Å². The molecule has 0 aliphatic heterocycles. The number of fused-ring (bicyclic) bond motifs is 3. The Labute approximate surface area is 252 Å². The minimum atomic E-state index is -0.0310. The number of amides is 1. The van der Waals surface area contributed by atoms with Crippen molar-refractivity contribution in [2.24, 2.45) is 11.8 Å². The quantitative estimate of drug-likeness (QED) is 0.183. The molecular formula is C33H36Cl2N4O2. The van der Waals surface area contributed by atoms with Crippen LogP contribution in [0.1, 0.15) is 50.8 Å². The van der Waals surface area contributed by atoms with Crippen molar-refractivity contribution in [3.8, 4) is 6.57 Å². The number of allylic oxidation sites excluding steroid dienone is 1. The van der Waals surface area contributed by atoms with E-state index in [1.54, 1.807) is 13.0 Å². The Morgan fingerprint density at radius 1 is 1.10 bits per heavy atom. The molecule has 0 radical (unpaired) electrons. The van der Waals surface area contributed by atoms with Crippen molar-refractivity contribution < 1.29 is 9.53 Å². The molecule has 5 rings (SSSR count). The summed E-state index contributed by atoms with van der Waals surface area (Å²) >= 11 is 12.8. The van der Waals surface area contributed by atoms with Crippen LogP contribution in [0.5, 0.6) is 0 Å². The van der Waals surface area contributed by atoms with Gasteiger partial charge in [-0.05, 0) is 67.5 Å². The Balaban J connectivity index is 0.00000189. The third-order valence-electron chi connectivity index (χ3n) is 7.81. The number of carbonyl (C=O) groups excluding carboxylic acids is 1. The highest BCUT2D eigenvalue weighted by Gasteiger charge is 2.24. The highest BCUT2D eigenvalue weighted by atomic mass is 35.5. The normalized spacial score (nSPS) is 16.6. The van der Waals surface area contributed by atoms with Gasteiger partial charge in [-0.2, -0.15) is 0 Å². The monoisotopic (exact) mass is 590 g/mol. The number of pyridine rings is 1. The second-order valence-corrected chi connectivity index (χ2v) is 11.8. The average molecular weight is 592 g/mol. The van der Waals surface area contributed by atoms with Crippen LogP contribution in [0, 0.1) is 23.7 Å². The van der Waals surface area contributed by atoms with Gasteiger partial charge in [-0.3, -0.25) is 9.78 Å². The van der Waals surface area contributed by atoms with Crippen molar-refractivity contribution >= 4 is 50.9 Å². The Kier molecular flexibility index (Phi) is 10.3. The molecule has 0 unspecified atom stereocenters. The second kappa shape index (κ2) is 13.9. The summed E-state index contributed by atoms with van der Waals surface area (Å²) in [6.45, 7) is 13.1. The third-order valence-corrected chi connectivity index (χ3v) is 8.42. The molecule has 0 N–H and O–H groups in total. The van der Waals surface area contributed by atoms with Crippen molar-refractivity contribution in [3.05, 3.63) is 88.4 Å². The second-order valence-electron chi connectivity index (χ2n) is 10.9. The average Bonchev–Trinajstić information content (AvgIpc) is 3.28. The molecule has 1 fully saturated rings. The van der Waals surface area contributed by atoms with Gasteiger partial charge in [0.25, 0.3) is 5.91 Å². The zero-order valence-electron chi connectivity index (χ0n) is 23.7. The number of para-hydroxylation sites is 1. The number of hydrogen-bond acceptors (Lipinski definition) is 4. The summed E-state index contributed by atoms with van der Waals surface area (Å²) in [5.41, 5.74) is 3.92. The molecule has 1 saturated carbocycles.